The maximum atomic E-state index is 14.9. The molecule has 0 spiro atoms. The van der Waals surface area contributed by atoms with Gasteiger partial charge in [-0.3, -0.25) is 4.98 Å². The Balaban J connectivity index is 1.66. The Morgan fingerprint density at radius 3 is 2.73 bits per heavy atom. The normalized spacial score (nSPS) is 19.2. The fourth-order valence-corrected chi connectivity index (χ4v) is 4.14. The van der Waals surface area contributed by atoms with E-state index in [2.05, 4.69) is 25.8 Å². The lowest BCUT2D eigenvalue weighted by molar-refractivity contribution is 0.217. The Hall–Kier alpha value is -4.07. The Morgan fingerprint density at radius 2 is 1.87 bits per heavy atom. The smallest absolute Gasteiger partial charge is 0.248 e. The number of para-hydroxylation sites is 1. The van der Waals surface area contributed by atoms with Crippen LogP contribution in [-0.4, -0.2) is 25.2 Å². The van der Waals surface area contributed by atoms with Gasteiger partial charge in [0.1, 0.15) is 17.6 Å². The summed E-state index contributed by atoms with van der Waals surface area (Å²) in [5, 5.41) is 15.5. The Kier molecular flexibility index (Phi) is 3.64. The number of rotatable bonds is 2. The van der Waals surface area contributed by atoms with E-state index in [0.29, 0.717) is 17.3 Å². The van der Waals surface area contributed by atoms with Crippen molar-refractivity contribution in [2.75, 3.05) is 5.32 Å². The molecule has 0 saturated carbocycles. The standard InChI is InChI=1S/C22H15FN6O/c23-16-9-3-1-7-14(16)21-18-19(15-8-2-4-10-17(15)30-21)25-22-26-27-28-29(22)20(18)13-6-5-11-24-12-13/h1-12,20-21H,(H,25,26,28)/t20-,21+/m1/s1. The molecule has 2 aliphatic rings. The molecule has 8 heteroatoms. The molecule has 4 heterocycles. The average Bonchev–Trinajstić information content (AvgIpc) is 3.26. The molecule has 146 valence electrons. The summed E-state index contributed by atoms with van der Waals surface area (Å²) in [6.45, 7) is 0. The largest absolute Gasteiger partial charge is 0.480 e. The van der Waals surface area contributed by atoms with Crippen LogP contribution in [0.5, 0.6) is 5.75 Å². The lowest BCUT2D eigenvalue weighted by atomic mass is 9.85. The highest BCUT2D eigenvalue weighted by atomic mass is 19.1. The summed E-state index contributed by atoms with van der Waals surface area (Å²) in [6.07, 6.45) is 2.82. The molecule has 0 amide bonds. The minimum atomic E-state index is -0.661. The first kappa shape index (κ1) is 16.8. The summed E-state index contributed by atoms with van der Waals surface area (Å²) >= 11 is 0. The molecule has 0 aliphatic carbocycles. The van der Waals surface area contributed by atoms with Crippen molar-refractivity contribution in [1.29, 1.82) is 0 Å². The molecule has 2 aliphatic heterocycles. The zero-order valence-electron chi connectivity index (χ0n) is 15.6. The Labute approximate surface area is 170 Å². The van der Waals surface area contributed by atoms with Crippen LogP contribution in [0.4, 0.5) is 10.3 Å². The van der Waals surface area contributed by atoms with E-state index < -0.39 is 12.1 Å². The van der Waals surface area contributed by atoms with E-state index in [1.807, 2.05) is 36.4 Å². The van der Waals surface area contributed by atoms with Gasteiger partial charge in [0.25, 0.3) is 0 Å². The number of hydrogen-bond acceptors (Lipinski definition) is 6. The van der Waals surface area contributed by atoms with E-state index >= 15 is 0 Å². The number of hydrogen-bond donors (Lipinski definition) is 1. The molecule has 0 radical (unpaired) electrons. The fraction of sp³-hybridized carbons (Fsp3) is 0.0909. The summed E-state index contributed by atoms with van der Waals surface area (Å²) in [7, 11) is 0. The van der Waals surface area contributed by atoms with Gasteiger partial charge in [-0.05, 0) is 40.3 Å². The quantitative estimate of drug-likeness (QED) is 0.554. The fourth-order valence-electron chi connectivity index (χ4n) is 4.14. The van der Waals surface area contributed by atoms with Crippen LogP contribution in [0.25, 0.3) is 5.70 Å². The molecule has 0 saturated heterocycles. The Morgan fingerprint density at radius 1 is 1.00 bits per heavy atom. The summed E-state index contributed by atoms with van der Waals surface area (Å²) in [5.74, 6) is 0.843. The van der Waals surface area contributed by atoms with Crippen molar-refractivity contribution < 1.29 is 9.13 Å². The van der Waals surface area contributed by atoms with Gasteiger partial charge in [0.15, 0.2) is 6.10 Å². The maximum Gasteiger partial charge on any atom is 0.248 e. The molecule has 0 unspecified atom stereocenters. The van der Waals surface area contributed by atoms with Gasteiger partial charge in [0.05, 0.1) is 5.70 Å². The molecular weight excluding hydrogens is 383 g/mol. The van der Waals surface area contributed by atoms with Gasteiger partial charge in [-0.1, -0.05) is 41.5 Å². The van der Waals surface area contributed by atoms with Gasteiger partial charge in [0, 0.05) is 29.1 Å². The van der Waals surface area contributed by atoms with Crippen LogP contribution in [0.1, 0.15) is 28.8 Å². The number of ether oxygens (including phenoxy) is 1. The predicted molar refractivity (Wildman–Crippen MR) is 107 cm³/mol. The number of benzene rings is 2. The number of aromatic nitrogens is 5. The number of anilines is 1. The van der Waals surface area contributed by atoms with Crippen molar-refractivity contribution >= 4 is 11.6 Å². The third kappa shape index (κ3) is 2.43. The summed E-state index contributed by atoms with van der Waals surface area (Å²) in [6, 6.07) is 17.8. The second kappa shape index (κ2) is 6.48. The van der Waals surface area contributed by atoms with Crippen molar-refractivity contribution in [2.45, 2.75) is 12.1 Å². The molecule has 2 aromatic heterocycles. The SMILES string of the molecule is Fc1ccccc1[C@@H]1Oc2ccccc2C2=C1[C@@H](c1cccnc1)n1nnnc1N2. The highest BCUT2D eigenvalue weighted by Gasteiger charge is 2.42. The molecule has 6 rings (SSSR count). The number of pyridine rings is 1. The second-order valence-corrected chi connectivity index (χ2v) is 7.11. The molecule has 1 N–H and O–H groups in total. The lowest BCUT2D eigenvalue weighted by Crippen LogP contribution is -2.32. The lowest BCUT2D eigenvalue weighted by Gasteiger charge is -2.38. The van der Waals surface area contributed by atoms with Gasteiger partial charge >= 0.3 is 0 Å². The molecule has 2 aromatic carbocycles. The van der Waals surface area contributed by atoms with Crippen molar-refractivity contribution in [3.05, 3.63) is 101 Å². The highest BCUT2D eigenvalue weighted by Crippen LogP contribution is 2.50. The molecule has 7 nitrogen and oxygen atoms in total. The van der Waals surface area contributed by atoms with Crippen LogP contribution in [0.3, 0.4) is 0 Å². The van der Waals surface area contributed by atoms with Gasteiger partial charge in [-0.2, -0.15) is 4.68 Å². The number of nitrogens with zero attached hydrogens (tertiary/aromatic N) is 5. The summed E-state index contributed by atoms with van der Waals surface area (Å²) < 4.78 is 22.9. The van der Waals surface area contributed by atoms with E-state index in [4.69, 9.17) is 4.74 Å². The Bertz CT molecular complexity index is 1290. The van der Waals surface area contributed by atoms with Crippen LogP contribution in [-0.2, 0) is 0 Å². The zero-order valence-corrected chi connectivity index (χ0v) is 15.6. The molecule has 30 heavy (non-hydrogen) atoms. The molecular formula is C22H15FN6O. The topological polar surface area (TPSA) is 77.8 Å². The second-order valence-electron chi connectivity index (χ2n) is 7.11. The first-order valence-electron chi connectivity index (χ1n) is 9.50. The van der Waals surface area contributed by atoms with E-state index in [0.717, 1.165) is 22.4 Å². The first-order chi connectivity index (χ1) is 14.8. The van der Waals surface area contributed by atoms with Gasteiger partial charge in [-0.25, -0.2) is 4.39 Å². The van der Waals surface area contributed by atoms with Crippen molar-refractivity contribution in [1.82, 2.24) is 25.2 Å². The average molecular weight is 398 g/mol. The van der Waals surface area contributed by atoms with Crippen molar-refractivity contribution in [3.8, 4) is 5.75 Å². The summed E-state index contributed by atoms with van der Waals surface area (Å²) in [4.78, 5) is 4.27. The predicted octanol–water partition coefficient (Wildman–Crippen LogP) is 3.77. The zero-order chi connectivity index (χ0) is 20.1. The van der Waals surface area contributed by atoms with Gasteiger partial charge < -0.3 is 10.1 Å². The minimum Gasteiger partial charge on any atom is -0.480 e. The van der Waals surface area contributed by atoms with Crippen LogP contribution in [0.2, 0.25) is 0 Å². The first-order valence-corrected chi connectivity index (χ1v) is 9.50. The molecule has 4 aromatic rings. The highest BCUT2D eigenvalue weighted by molar-refractivity contribution is 5.85. The van der Waals surface area contributed by atoms with Crippen molar-refractivity contribution in [3.63, 3.8) is 0 Å². The molecule has 2 atom stereocenters. The number of fused-ring (bicyclic) bond motifs is 3. The van der Waals surface area contributed by atoms with Crippen LogP contribution in [0.15, 0.2) is 78.6 Å². The van der Waals surface area contributed by atoms with Crippen LogP contribution < -0.4 is 10.1 Å². The van der Waals surface area contributed by atoms with E-state index in [1.54, 1.807) is 35.3 Å². The molecule has 0 bridgehead atoms. The summed E-state index contributed by atoms with van der Waals surface area (Å²) in [5.41, 5.74) is 3.85. The van der Waals surface area contributed by atoms with Gasteiger partial charge in [-0.15, -0.1) is 0 Å². The number of tetrazole rings is 1. The van der Waals surface area contributed by atoms with E-state index in [-0.39, 0.29) is 5.82 Å². The van der Waals surface area contributed by atoms with Crippen molar-refractivity contribution in [2.24, 2.45) is 0 Å². The van der Waals surface area contributed by atoms with E-state index in [1.165, 1.54) is 6.07 Å². The van der Waals surface area contributed by atoms with Crippen LogP contribution >= 0.6 is 0 Å². The molecule has 0 fully saturated rings. The third-order valence-electron chi connectivity index (χ3n) is 5.43. The van der Waals surface area contributed by atoms with Crippen LogP contribution in [0, 0.1) is 5.82 Å². The van der Waals surface area contributed by atoms with Gasteiger partial charge in [0.2, 0.25) is 5.95 Å². The number of halogens is 1. The monoisotopic (exact) mass is 398 g/mol. The van der Waals surface area contributed by atoms with E-state index in [9.17, 15) is 4.39 Å². The maximum absolute atomic E-state index is 14.9. The third-order valence-corrected chi connectivity index (χ3v) is 5.43. The number of nitrogens with one attached hydrogen (secondary N) is 1. The minimum absolute atomic E-state index is 0.332.